The number of aryl methyl sites for hydroxylation is 1. The molecule has 3 atom stereocenters. The van der Waals surface area contributed by atoms with Gasteiger partial charge in [-0.25, -0.2) is 4.98 Å². The number of hydrogen-bond donors (Lipinski definition) is 2. The van der Waals surface area contributed by atoms with E-state index in [0.29, 0.717) is 11.9 Å². The van der Waals surface area contributed by atoms with Crippen molar-refractivity contribution in [2.45, 2.75) is 45.1 Å². The van der Waals surface area contributed by atoms with E-state index in [2.05, 4.69) is 15.3 Å². The van der Waals surface area contributed by atoms with E-state index in [0.717, 1.165) is 24.0 Å². The Hall–Kier alpha value is -1.32. The van der Waals surface area contributed by atoms with Crippen LogP contribution in [0.3, 0.4) is 0 Å². The molecule has 2 aliphatic rings. The Kier molecular flexibility index (Phi) is 2.65. The molecule has 17 heavy (non-hydrogen) atoms. The van der Waals surface area contributed by atoms with Gasteiger partial charge in [0.15, 0.2) is 5.82 Å². The van der Waals surface area contributed by atoms with Crippen LogP contribution in [0.1, 0.15) is 48.4 Å². The van der Waals surface area contributed by atoms with E-state index in [-0.39, 0.29) is 5.91 Å². The molecule has 1 heterocycles. The molecule has 3 rings (SSSR count). The molecule has 92 valence electrons. The van der Waals surface area contributed by atoms with E-state index in [9.17, 15) is 4.79 Å². The largest absolute Gasteiger partial charge is 0.346 e. The molecule has 2 saturated carbocycles. The molecule has 2 fully saturated rings. The summed E-state index contributed by atoms with van der Waals surface area (Å²) in [6.07, 6.45) is 8.10. The average Bonchev–Trinajstić information content (AvgIpc) is 2.96. The fourth-order valence-corrected chi connectivity index (χ4v) is 3.51. The molecule has 4 nitrogen and oxygen atoms in total. The highest BCUT2D eigenvalue weighted by Gasteiger charge is 2.39. The average molecular weight is 233 g/mol. The van der Waals surface area contributed by atoms with E-state index in [4.69, 9.17) is 0 Å². The zero-order valence-electron chi connectivity index (χ0n) is 10.2. The summed E-state index contributed by atoms with van der Waals surface area (Å²) in [7, 11) is 0. The summed E-state index contributed by atoms with van der Waals surface area (Å²) in [5, 5.41) is 3.15. The van der Waals surface area contributed by atoms with Crippen LogP contribution in [0.15, 0.2) is 6.20 Å². The fraction of sp³-hybridized carbons (Fsp3) is 0.692. The molecule has 0 aromatic carbocycles. The molecule has 4 heteroatoms. The number of aromatic nitrogens is 2. The van der Waals surface area contributed by atoms with Crippen molar-refractivity contribution in [1.82, 2.24) is 15.3 Å². The third-order valence-corrected chi connectivity index (χ3v) is 4.32. The van der Waals surface area contributed by atoms with Gasteiger partial charge < -0.3 is 10.3 Å². The van der Waals surface area contributed by atoms with E-state index in [1.165, 1.54) is 25.7 Å². The summed E-state index contributed by atoms with van der Waals surface area (Å²) in [6, 6.07) is 0.375. The Morgan fingerprint density at radius 2 is 2.29 bits per heavy atom. The lowest BCUT2D eigenvalue weighted by molar-refractivity contribution is 0.0916. The predicted molar refractivity (Wildman–Crippen MR) is 64.6 cm³/mol. The first-order valence-corrected chi connectivity index (χ1v) is 6.56. The summed E-state index contributed by atoms with van der Waals surface area (Å²) in [6.45, 7) is 1.91. The summed E-state index contributed by atoms with van der Waals surface area (Å²) < 4.78 is 0. The van der Waals surface area contributed by atoms with Gasteiger partial charge in [0, 0.05) is 17.9 Å². The SMILES string of the molecule is Cc1cnc(C(=O)N[C@@H]2CC[C@H]3CCC[C@H]32)[nH]1. The minimum Gasteiger partial charge on any atom is -0.346 e. The molecule has 2 aliphatic carbocycles. The van der Waals surface area contributed by atoms with Crippen LogP contribution in [0.5, 0.6) is 0 Å². The number of imidazole rings is 1. The minimum absolute atomic E-state index is 0.0457. The third-order valence-electron chi connectivity index (χ3n) is 4.32. The van der Waals surface area contributed by atoms with Crippen molar-refractivity contribution in [2.75, 3.05) is 0 Å². The number of amides is 1. The Bertz CT molecular complexity index is 426. The first-order chi connectivity index (χ1) is 8.24. The lowest BCUT2D eigenvalue weighted by atomic mass is 9.98. The molecule has 0 saturated heterocycles. The van der Waals surface area contributed by atoms with Crippen molar-refractivity contribution in [1.29, 1.82) is 0 Å². The number of carbonyl (C=O) groups excluding carboxylic acids is 1. The van der Waals surface area contributed by atoms with Gasteiger partial charge >= 0.3 is 0 Å². The molecule has 1 aromatic rings. The Labute approximate surface area is 101 Å². The Balaban J connectivity index is 1.65. The fourth-order valence-electron chi connectivity index (χ4n) is 3.51. The highest BCUT2D eigenvalue weighted by molar-refractivity contribution is 5.90. The number of hydrogen-bond acceptors (Lipinski definition) is 2. The lowest BCUT2D eigenvalue weighted by Gasteiger charge is -2.19. The second kappa shape index (κ2) is 4.17. The van der Waals surface area contributed by atoms with Crippen molar-refractivity contribution in [3.63, 3.8) is 0 Å². The van der Waals surface area contributed by atoms with Crippen LogP contribution in [0.2, 0.25) is 0 Å². The zero-order chi connectivity index (χ0) is 11.8. The number of aromatic amines is 1. The van der Waals surface area contributed by atoms with Crippen molar-refractivity contribution in [3.05, 3.63) is 17.7 Å². The molecule has 0 aliphatic heterocycles. The third kappa shape index (κ3) is 1.96. The summed E-state index contributed by atoms with van der Waals surface area (Å²) in [5.74, 6) is 1.98. The van der Waals surface area contributed by atoms with Gasteiger partial charge in [0.1, 0.15) is 0 Å². The Morgan fingerprint density at radius 1 is 1.41 bits per heavy atom. The molecule has 0 radical (unpaired) electrons. The van der Waals surface area contributed by atoms with E-state index >= 15 is 0 Å². The van der Waals surface area contributed by atoms with Crippen molar-refractivity contribution < 1.29 is 4.79 Å². The molecular weight excluding hydrogens is 214 g/mol. The van der Waals surface area contributed by atoms with Crippen LogP contribution in [-0.2, 0) is 0 Å². The maximum Gasteiger partial charge on any atom is 0.287 e. The molecule has 1 aromatic heterocycles. The number of nitrogens with zero attached hydrogens (tertiary/aromatic N) is 1. The number of nitrogens with one attached hydrogen (secondary N) is 2. The van der Waals surface area contributed by atoms with Crippen LogP contribution in [0.4, 0.5) is 0 Å². The topological polar surface area (TPSA) is 57.8 Å². The minimum atomic E-state index is -0.0457. The summed E-state index contributed by atoms with van der Waals surface area (Å²) in [5.41, 5.74) is 0.931. The Morgan fingerprint density at radius 3 is 3.06 bits per heavy atom. The highest BCUT2D eigenvalue weighted by atomic mass is 16.2. The second-order valence-corrected chi connectivity index (χ2v) is 5.43. The van der Waals surface area contributed by atoms with E-state index in [1.54, 1.807) is 6.20 Å². The monoisotopic (exact) mass is 233 g/mol. The first kappa shape index (κ1) is 10.8. The standard InChI is InChI=1S/C13H19N3O/c1-8-7-14-12(15-8)13(17)16-11-6-5-9-3-2-4-10(9)11/h7,9-11H,2-6H2,1H3,(H,14,15)(H,16,17)/t9-,10-,11-/m1/s1. The number of rotatable bonds is 2. The molecule has 0 spiro atoms. The van der Waals surface area contributed by atoms with Gasteiger partial charge in [-0.05, 0) is 38.0 Å². The quantitative estimate of drug-likeness (QED) is 0.821. The van der Waals surface area contributed by atoms with Gasteiger partial charge in [-0.15, -0.1) is 0 Å². The zero-order valence-corrected chi connectivity index (χ0v) is 10.2. The second-order valence-electron chi connectivity index (χ2n) is 5.43. The predicted octanol–water partition coefficient (Wildman–Crippen LogP) is 2.03. The maximum absolute atomic E-state index is 12.0. The van der Waals surface area contributed by atoms with Crippen LogP contribution in [0, 0.1) is 18.8 Å². The summed E-state index contributed by atoms with van der Waals surface area (Å²) >= 11 is 0. The van der Waals surface area contributed by atoms with Crippen LogP contribution in [0.25, 0.3) is 0 Å². The van der Waals surface area contributed by atoms with Crippen LogP contribution in [-0.4, -0.2) is 21.9 Å². The van der Waals surface area contributed by atoms with E-state index in [1.807, 2.05) is 6.92 Å². The van der Waals surface area contributed by atoms with Gasteiger partial charge in [-0.3, -0.25) is 4.79 Å². The first-order valence-electron chi connectivity index (χ1n) is 6.56. The van der Waals surface area contributed by atoms with Gasteiger partial charge in [0.2, 0.25) is 0 Å². The normalized spacial score (nSPS) is 31.5. The number of fused-ring (bicyclic) bond motifs is 1. The van der Waals surface area contributed by atoms with Crippen LogP contribution >= 0.6 is 0 Å². The van der Waals surface area contributed by atoms with E-state index < -0.39 is 0 Å². The number of carbonyl (C=O) groups is 1. The maximum atomic E-state index is 12.0. The molecule has 0 unspecified atom stereocenters. The van der Waals surface area contributed by atoms with Crippen LogP contribution < -0.4 is 5.32 Å². The van der Waals surface area contributed by atoms with Gasteiger partial charge in [-0.2, -0.15) is 0 Å². The van der Waals surface area contributed by atoms with Gasteiger partial charge in [-0.1, -0.05) is 12.8 Å². The molecule has 0 bridgehead atoms. The van der Waals surface area contributed by atoms with Crippen molar-refractivity contribution in [2.24, 2.45) is 11.8 Å². The number of H-pyrrole nitrogens is 1. The smallest absolute Gasteiger partial charge is 0.287 e. The molecular formula is C13H19N3O. The van der Waals surface area contributed by atoms with Gasteiger partial charge in [0.05, 0.1) is 0 Å². The summed E-state index contributed by atoms with van der Waals surface area (Å²) in [4.78, 5) is 19.1. The lowest BCUT2D eigenvalue weighted by Crippen LogP contribution is -2.38. The van der Waals surface area contributed by atoms with Gasteiger partial charge in [0.25, 0.3) is 5.91 Å². The highest BCUT2D eigenvalue weighted by Crippen LogP contribution is 2.43. The van der Waals surface area contributed by atoms with Crippen molar-refractivity contribution >= 4 is 5.91 Å². The molecule has 2 N–H and O–H groups in total. The van der Waals surface area contributed by atoms with Crippen molar-refractivity contribution in [3.8, 4) is 0 Å². The molecule has 1 amide bonds.